The molecule has 0 amide bonds. The number of hydrogen-bond acceptors (Lipinski definition) is 6. The van der Waals surface area contributed by atoms with Gasteiger partial charge in [-0.1, -0.05) is 12.1 Å². The molecule has 3 aromatic heterocycles. The Morgan fingerprint density at radius 1 is 1.17 bits per heavy atom. The van der Waals surface area contributed by atoms with Crippen LogP contribution >= 0.6 is 0 Å². The number of aromatic nitrogens is 4. The van der Waals surface area contributed by atoms with E-state index in [4.69, 9.17) is 9.15 Å². The molecule has 8 heteroatoms. The number of fused-ring (bicyclic) bond motifs is 1. The molecule has 0 fully saturated rings. The topological polar surface area (TPSA) is 92.2 Å². The predicted octanol–water partition coefficient (Wildman–Crippen LogP) is 2.99. The first-order valence-electron chi connectivity index (χ1n) is 9.09. The minimum Gasteiger partial charge on any atom is -0.457 e. The van der Waals surface area contributed by atoms with E-state index in [0.29, 0.717) is 5.76 Å². The maximum atomic E-state index is 12.6. The summed E-state index contributed by atoms with van der Waals surface area (Å²) in [4.78, 5) is 29.1. The van der Waals surface area contributed by atoms with E-state index >= 15 is 0 Å². The first kappa shape index (κ1) is 18.7. The zero-order valence-electron chi connectivity index (χ0n) is 16.6. The Kier molecular flexibility index (Phi) is 4.54. The molecule has 4 rings (SSSR count). The zero-order valence-corrected chi connectivity index (χ0v) is 16.6. The Bertz CT molecular complexity index is 1280. The Hall–Kier alpha value is -3.68. The Morgan fingerprint density at radius 2 is 1.90 bits per heavy atom. The molecule has 0 atom stereocenters. The fraction of sp³-hybridized carbons (Fsp3) is 0.238. The third kappa shape index (κ3) is 3.33. The molecular formula is C21H20N4O4. The first-order valence-corrected chi connectivity index (χ1v) is 9.09. The summed E-state index contributed by atoms with van der Waals surface area (Å²) in [7, 11) is 1.57. The molecule has 3 heterocycles. The normalized spacial score (nSPS) is 11.2. The van der Waals surface area contributed by atoms with Gasteiger partial charge in [0.2, 0.25) is 5.71 Å². The van der Waals surface area contributed by atoms with Crippen LogP contribution in [0.1, 0.15) is 33.1 Å². The van der Waals surface area contributed by atoms with Gasteiger partial charge in [-0.2, -0.15) is 5.10 Å². The first-order chi connectivity index (χ1) is 13.8. The van der Waals surface area contributed by atoms with Crippen LogP contribution in [-0.4, -0.2) is 25.3 Å². The van der Waals surface area contributed by atoms with Crippen LogP contribution in [-0.2, 0) is 18.4 Å². The van der Waals surface area contributed by atoms with Crippen LogP contribution in [0.15, 0.2) is 45.9 Å². The van der Waals surface area contributed by atoms with E-state index in [1.54, 1.807) is 14.0 Å². The summed E-state index contributed by atoms with van der Waals surface area (Å²) in [5.41, 5.74) is 3.63. The van der Waals surface area contributed by atoms with Crippen LogP contribution < -0.4 is 5.56 Å². The van der Waals surface area contributed by atoms with Gasteiger partial charge in [-0.25, -0.2) is 14.5 Å². The van der Waals surface area contributed by atoms with Crippen LogP contribution in [0.25, 0.3) is 16.8 Å². The van der Waals surface area contributed by atoms with Gasteiger partial charge >= 0.3 is 5.97 Å². The van der Waals surface area contributed by atoms with Gasteiger partial charge in [0.15, 0.2) is 0 Å². The maximum Gasteiger partial charge on any atom is 0.342 e. The van der Waals surface area contributed by atoms with Gasteiger partial charge < -0.3 is 13.7 Å². The van der Waals surface area contributed by atoms with E-state index in [0.717, 1.165) is 22.6 Å². The molecule has 0 saturated heterocycles. The third-order valence-corrected chi connectivity index (χ3v) is 4.71. The molecule has 29 heavy (non-hydrogen) atoms. The molecule has 8 nitrogen and oxygen atoms in total. The summed E-state index contributed by atoms with van der Waals surface area (Å²) in [6.45, 7) is 5.62. The maximum absolute atomic E-state index is 12.6. The average Bonchev–Trinajstić information content (AvgIpc) is 3.21. The van der Waals surface area contributed by atoms with Crippen molar-refractivity contribution in [1.29, 1.82) is 0 Å². The monoisotopic (exact) mass is 392 g/mol. The summed E-state index contributed by atoms with van der Waals surface area (Å²) < 4.78 is 14.0. The van der Waals surface area contributed by atoms with Gasteiger partial charge in [0.25, 0.3) is 5.56 Å². The lowest BCUT2D eigenvalue weighted by Crippen LogP contribution is -2.19. The van der Waals surface area contributed by atoms with Crippen molar-refractivity contribution < 1.29 is 13.9 Å². The lowest BCUT2D eigenvalue weighted by Gasteiger charge is -2.07. The lowest BCUT2D eigenvalue weighted by atomic mass is 10.2. The summed E-state index contributed by atoms with van der Waals surface area (Å²) in [5, 5.41) is 4.59. The molecular weight excluding hydrogens is 372 g/mol. The van der Waals surface area contributed by atoms with E-state index in [-0.39, 0.29) is 28.8 Å². The zero-order chi connectivity index (χ0) is 20.7. The van der Waals surface area contributed by atoms with Crippen molar-refractivity contribution in [2.24, 2.45) is 7.05 Å². The number of benzene rings is 1. The van der Waals surface area contributed by atoms with Gasteiger partial charge in [-0.3, -0.25) is 4.79 Å². The third-order valence-electron chi connectivity index (χ3n) is 4.71. The van der Waals surface area contributed by atoms with Crippen molar-refractivity contribution in [2.45, 2.75) is 27.4 Å². The van der Waals surface area contributed by atoms with Crippen molar-refractivity contribution in [3.8, 4) is 5.69 Å². The summed E-state index contributed by atoms with van der Waals surface area (Å²) >= 11 is 0. The molecule has 1 aromatic carbocycles. The molecule has 0 saturated carbocycles. The van der Waals surface area contributed by atoms with Crippen LogP contribution in [0.5, 0.6) is 0 Å². The van der Waals surface area contributed by atoms with Crippen molar-refractivity contribution >= 4 is 17.1 Å². The number of furan rings is 1. The highest BCUT2D eigenvalue weighted by atomic mass is 16.5. The Labute approximate surface area is 166 Å². The predicted molar refractivity (Wildman–Crippen MR) is 106 cm³/mol. The SMILES string of the molecule is Cc1cc(C)n(-c2ccc(COC(=O)c3c(C)oc4ncn(C)c(=O)c34)cc2)n1. The van der Waals surface area contributed by atoms with E-state index < -0.39 is 5.97 Å². The minimum atomic E-state index is -0.617. The van der Waals surface area contributed by atoms with E-state index in [9.17, 15) is 9.59 Å². The van der Waals surface area contributed by atoms with E-state index in [1.165, 1.54) is 10.9 Å². The van der Waals surface area contributed by atoms with Crippen molar-refractivity contribution in [1.82, 2.24) is 19.3 Å². The fourth-order valence-electron chi connectivity index (χ4n) is 3.28. The summed E-state index contributed by atoms with van der Waals surface area (Å²) in [5.74, 6) is -0.311. The second-order valence-electron chi connectivity index (χ2n) is 6.96. The van der Waals surface area contributed by atoms with Gasteiger partial charge in [0, 0.05) is 12.7 Å². The molecule has 0 aliphatic heterocycles. The molecule has 0 spiro atoms. The van der Waals surface area contributed by atoms with Crippen LogP contribution in [0, 0.1) is 20.8 Å². The molecule has 148 valence electrons. The quantitative estimate of drug-likeness (QED) is 0.496. The molecule has 4 aromatic rings. The largest absolute Gasteiger partial charge is 0.457 e. The number of carbonyl (C=O) groups excluding carboxylic acids is 1. The molecule has 0 aliphatic carbocycles. The minimum absolute atomic E-state index is 0.0723. The molecule has 0 bridgehead atoms. The second kappa shape index (κ2) is 7.05. The highest BCUT2D eigenvalue weighted by molar-refractivity contribution is 6.03. The van der Waals surface area contributed by atoms with Crippen molar-refractivity contribution in [2.75, 3.05) is 0 Å². The van der Waals surface area contributed by atoms with Crippen LogP contribution in [0.2, 0.25) is 0 Å². The van der Waals surface area contributed by atoms with Crippen LogP contribution in [0.4, 0.5) is 0 Å². The number of hydrogen-bond donors (Lipinski definition) is 0. The molecule has 0 N–H and O–H groups in total. The van der Waals surface area contributed by atoms with Gasteiger partial charge in [-0.15, -0.1) is 0 Å². The molecule has 0 unspecified atom stereocenters. The van der Waals surface area contributed by atoms with Crippen molar-refractivity contribution in [3.63, 3.8) is 0 Å². The van der Waals surface area contributed by atoms with E-state index in [1.807, 2.05) is 48.9 Å². The summed E-state index contributed by atoms with van der Waals surface area (Å²) in [6, 6.07) is 9.59. The lowest BCUT2D eigenvalue weighted by molar-refractivity contribution is 0.0472. The molecule has 0 aliphatic rings. The molecule has 0 radical (unpaired) electrons. The Balaban J connectivity index is 1.54. The number of carbonyl (C=O) groups is 1. The van der Waals surface area contributed by atoms with Crippen LogP contribution in [0.3, 0.4) is 0 Å². The Morgan fingerprint density at radius 3 is 2.55 bits per heavy atom. The van der Waals surface area contributed by atoms with Gasteiger partial charge in [0.05, 0.1) is 11.4 Å². The highest BCUT2D eigenvalue weighted by Gasteiger charge is 2.23. The van der Waals surface area contributed by atoms with Gasteiger partial charge in [-0.05, 0) is 44.5 Å². The smallest absolute Gasteiger partial charge is 0.342 e. The summed E-state index contributed by atoms with van der Waals surface area (Å²) in [6.07, 6.45) is 1.35. The highest BCUT2D eigenvalue weighted by Crippen LogP contribution is 2.22. The second-order valence-corrected chi connectivity index (χ2v) is 6.96. The number of esters is 1. The van der Waals surface area contributed by atoms with E-state index in [2.05, 4.69) is 10.1 Å². The standard InChI is InChI=1S/C21H20N4O4/c1-12-9-13(2)25(23-12)16-7-5-15(6-8-16)10-28-21(27)17-14(3)29-19-18(17)20(26)24(4)11-22-19/h5-9,11H,10H2,1-4H3. The number of ether oxygens (including phenoxy) is 1. The fourth-order valence-corrected chi connectivity index (χ4v) is 3.28. The average molecular weight is 392 g/mol. The number of nitrogens with zero attached hydrogens (tertiary/aromatic N) is 4. The van der Waals surface area contributed by atoms with Crippen molar-refractivity contribution in [3.05, 3.63) is 75.3 Å². The number of aryl methyl sites for hydroxylation is 4. The van der Waals surface area contributed by atoms with Gasteiger partial charge in [0.1, 0.15) is 29.6 Å². The number of rotatable bonds is 4.